The minimum Gasteiger partial charge on any atom is -0.326 e. The van der Waals surface area contributed by atoms with Crippen LogP contribution >= 0.6 is 0 Å². The molecule has 1 aliphatic carbocycles. The minimum absolute atomic E-state index is 0.340. The summed E-state index contributed by atoms with van der Waals surface area (Å²) < 4.78 is 0. The van der Waals surface area contributed by atoms with Gasteiger partial charge in [0.25, 0.3) is 0 Å². The second-order valence-electron chi connectivity index (χ2n) is 7.30. The Morgan fingerprint density at radius 3 is 2.44 bits per heavy atom. The molecule has 0 aromatic carbocycles. The molecule has 3 aliphatic rings. The summed E-state index contributed by atoms with van der Waals surface area (Å²) in [5.74, 6) is 0. The molecule has 104 valence electrons. The van der Waals surface area contributed by atoms with Gasteiger partial charge in [-0.1, -0.05) is 13.8 Å². The highest BCUT2D eigenvalue weighted by atomic mass is 15.3. The first kappa shape index (κ1) is 12.9. The van der Waals surface area contributed by atoms with Gasteiger partial charge >= 0.3 is 0 Å². The summed E-state index contributed by atoms with van der Waals surface area (Å²) in [5.41, 5.74) is 6.86. The molecule has 18 heavy (non-hydrogen) atoms. The second kappa shape index (κ2) is 4.77. The zero-order chi connectivity index (χ0) is 12.8. The fourth-order valence-corrected chi connectivity index (χ4v) is 4.33. The molecule has 0 bridgehead atoms. The standard InChI is InChI=1S/C15H29N3/c1-15(2)7-6-13(14(15)16)18-10-4-9-17-8-3-5-12(17)11-18/h12-14H,3-11,16H2,1-2H3. The Hall–Kier alpha value is -0.120. The van der Waals surface area contributed by atoms with Crippen molar-refractivity contribution in [1.29, 1.82) is 0 Å². The molecule has 2 N–H and O–H groups in total. The first-order valence-corrected chi connectivity index (χ1v) is 7.81. The first-order chi connectivity index (χ1) is 8.58. The quantitative estimate of drug-likeness (QED) is 0.769. The van der Waals surface area contributed by atoms with Crippen LogP contribution in [0.5, 0.6) is 0 Å². The molecular weight excluding hydrogens is 222 g/mol. The van der Waals surface area contributed by atoms with Gasteiger partial charge in [0.05, 0.1) is 0 Å². The molecular formula is C15H29N3. The number of rotatable bonds is 1. The number of fused-ring (bicyclic) bond motifs is 1. The maximum absolute atomic E-state index is 6.52. The van der Waals surface area contributed by atoms with Crippen LogP contribution in [0.3, 0.4) is 0 Å². The summed E-state index contributed by atoms with van der Waals surface area (Å²) in [6, 6.07) is 1.83. The number of nitrogens with zero attached hydrogens (tertiary/aromatic N) is 2. The smallest absolute Gasteiger partial charge is 0.0253 e. The second-order valence-corrected chi connectivity index (χ2v) is 7.30. The lowest BCUT2D eigenvalue weighted by Gasteiger charge is -2.35. The van der Waals surface area contributed by atoms with Crippen LogP contribution in [-0.4, -0.2) is 54.1 Å². The minimum atomic E-state index is 0.340. The lowest BCUT2D eigenvalue weighted by atomic mass is 9.87. The molecule has 3 rings (SSSR count). The van der Waals surface area contributed by atoms with Gasteiger partial charge in [0, 0.05) is 24.7 Å². The van der Waals surface area contributed by atoms with Crippen molar-refractivity contribution in [2.75, 3.05) is 26.2 Å². The van der Waals surface area contributed by atoms with Crippen molar-refractivity contribution in [2.45, 2.75) is 64.1 Å². The van der Waals surface area contributed by atoms with Crippen molar-refractivity contribution >= 4 is 0 Å². The lowest BCUT2D eigenvalue weighted by Crippen LogP contribution is -2.51. The summed E-state index contributed by atoms with van der Waals surface area (Å²) in [7, 11) is 0. The predicted octanol–water partition coefficient (Wildman–Crippen LogP) is 1.67. The van der Waals surface area contributed by atoms with Crippen molar-refractivity contribution in [2.24, 2.45) is 11.1 Å². The van der Waals surface area contributed by atoms with E-state index in [9.17, 15) is 0 Å². The fourth-order valence-electron chi connectivity index (χ4n) is 4.33. The predicted molar refractivity (Wildman–Crippen MR) is 75.6 cm³/mol. The number of nitrogens with two attached hydrogens (primary N) is 1. The van der Waals surface area contributed by atoms with Gasteiger partial charge < -0.3 is 5.73 Å². The third-order valence-corrected chi connectivity index (χ3v) is 5.71. The van der Waals surface area contributed by atoms with Gasteiger partial charge in [0.15, 0.2) is 0 Å². The van der Waals surface area contributed by atoms with E-state index in [-0.39, 0.29) is 0 Å². The lowest BCUT2D eigenvalue weighted by molar-refractivity contribution is 0.149. The van der Waals surface area contributed by atoms with E-state index >= 15 is 0 Å². The Bertz CT molecular complexity index is 302. The Balaban J connectivity index is 1.69. The average Bonchev–Trinajstić information content (AvgIpc) is 2.79. The highest BCUT2D eigenvalue weighted by Gasteiger charge is 2.43. The summed E-state index contributed by atoms with van der Waals surface area (Å²) in [5, 5.41) is 0. The van der Waals surface area contributed by atoms with Crippen molar-refractivity contribution in [1.82, 2.24) is 9.80 Å². The molecule has 3 unspecified atom stereocenters. The molecule has 2 aliphatic heterocycles. The van der Waals surface area contributed by atoms with Crippen LogP contribution in [0, 0.1) is 5.41 Å². The Morgan fingerprint density at radius 2 is 1.72 bits per heavy atom. The fraction of sp³-hybridized carbons (Fsp3) is 1.00. The third kappa shape index (κ3) is 2.21. The molecule has 3 fully saturated rings. The van der Waals surface area contributed by atoms with Gasteiger partial charge in [-0.15, -0.1) is 0 Å². The summed E-state index contributed by atoms with van der Waals surface area (Å²) in [4.78, 5) is 5.45. The third-order valence-electron chi connectivity index (χ3n) is 5.71. The Kier molecular flexibility index (Phi) is 3.41. The van der Waals surface area contributed by atoms with E-state index in [4.69, 9.17) is 5.73 Å². The highest BCUT2D eigenvalue weighted by molar-refractivity contribution is 5.00. The molecule has 0 amide bonds. The molecule has 3 heteroatoms. The molecule has 2 saturated heterocycles. The van der Waals surface area contributed by atoms with Crippen LogP contribution in [0.15, 0.2) is 0 Å². The molecule has 3 nitrogen and oxygen atoms in total. The van der Waals surface area contributed by atoms with E-state index in [0.717, 1.165) is 6.04 Å². The largest absolute Gasteiger partial charge is 0.326 e. The van der Waals surface area contributed by atoms with Crippen LogP contribution < -0.4 is 5.73 Å². The Morgan fingerprint density at radius 1 is 1.00 bits per heavy atom. The van der Waals surface area contributed by atoms with Crippen molar-refractivity contribution in [3.63, 3.8) is 0 Å². The Labute approximate surface area is 112 Å². The summed E-state index contributed by atoms with van der Waals surface area (Å²) in [6.07, 6.45) is 6.74. The zero-order valence-corrected chi connectivity index (χ0v) is 12.1. The zero-order valence-electron chi connectivity index (χ0n) is 12.1. The maximum atomic E-state index is 6.52. The van der Waals surface area contributed by atoms with Gasteiger partial charge in [0.1, 0.15) is 0 Å². The summed E-state index contributed by atoms with van der Waals surface area (Å²) in [6.45, 7) is 9.87. The maximum Gasteiger partial charge on any atom is 0.0253 e. The van der Waals surface area contributed by atoms with Gasteiger partial charge in [-0.2, -0.15) is 0 Å². The number of hydrogen-bond acceptors (Lipinski definition) is 3. The van der Waals surface area contributed by atoms with Gasteiger partial charge in [-0.05, 0) is 57.2 Å². The van der Waals surface area contributed by atoms with Crippen LogP contribution in [0.25, 0.3) is 0 Å². The normalized spacial score (nSPS) is 41.8. The molecule has 3 atom stereocenters. The van der Waals surface area contributed by atoms with Crippen LogP contribution in [0.4, 0.5) is 0 Å². The van der Waals surface area contributed by atoms with Crippen molar-refractivity contribution < 1.29 is 0 Å². The van der Waals surface area contributed by atoms with Gasteiger partial charge in [-0.3, -0.25) is 9.80 Å². The van der Waals surface area contributed by atoms with Crippen LogP contribution in [-0.2, 0) is 0 Å². The van der Waals surface area contributed by atoms with Crippen LogP contribution in [0.2, 0.25) is 0 Å². The van der Waals surface area contributed by atoms with E-state index in [1.807, 2.05) is 0 Å². The van der Waals surface area contributed by atoms with E-state index < -0.39 is 0 Å². The van der Waals surface area contributed by atoms with Crippen molar-refractivity contribution in [3.05, 3.63) is 0 Å². The SMILES string of the molecule is CC1(C)CCC(N2CCCN3CCCC3C2)C1N. The van der Waals surface area contributed by atoms with Crippen LogP contribution in [0.1, 0.15) is 46.0 Å². The molecule has 0 spiro atoms. The first-order valence-electron chi connectivity index (χ1n) is 7.81. The van der Waals surface area contributed by atoms with E-state index in [2.05, 4.69) is 23.6 Å². The topological polar surface area (TPSA) is 32.5 Å². The molecule has 0 aromatic rings. The molecule has 0 aromatic heterocycles. The van der Waals surface area contributed by atoms with E-state index in [1.54, 1.807) is 0 Å². The van der Waals surface area contributed by atoms with Gasteiger partial charge in [0.2, 0.25) is 0 Å². The monoisotopic (exact) mass is 251 g/mol. The highest BCUT2D eigenvalue weighted by Crippen LogP contribution is 2.39. The van der Waals surface area contributed by atoms with Gasteiger partial charge in [-0.25, -0.2) is 0 Å². The molecule has 0 radical (unpaired) electrons. The van der Waals surface area contributed by atoms with E-state index in [0.29, 0.717) is 17.5 Å². The summed E-state index contributed by atoms with van der Waals surface area (Å²) >= 11 is 0. The molecule has 1 saturated carbocycles. The van der Waals surface area contributed by atoms with Crippen molar-refractivity contribution in [3.8, 4) is 0 Å². The molecule has 2 heterocycles. The van der Waals surface area contributed by atoms with E-state index in [1.165, 1.54) is 58.3 Å². The average molecular weight is 251 g/mol. The number of hydrogen-bond donors (Lipinski definition) is 1.